The second-order valence-corrected chi connectivity index (χ2v) is 6.83. The summed E-state index contributed by atoms with van der Waals surface area (Å²) in [6.07, 6.45) is 0. The molecule has 0 spiro atoms. The van der Waals surface area contributed by atoms with E-state index < -0.39 is 5.91 Å². The molecule has 0 bridgehead atoms. The number of anilines is 1. The number of carbonyl (C=O) groups excluding carboxylic acids is 1. The van der Waals surface area contributed by atoms with Crippen molar-refractivity contribution in [1.29, 1.82) is 0 Å². The molecule has 1 amide bonds. The van der Waals surface area contributed by atoms with Crippen LogP contribution in [0.2, 0.25) is 10.0 Å². The Labute approximate surface area is 168 Å². The highest BCUT2D eigenvalue weighted by atomic mass is 79.9. The minimum atomic E-state index is -0.494. The number of rotatable bonds is 4. The highest BCUT2D eigenvalue weighted by Crippen LogP contribution is 2.32. The summed E-state index contributed by atoms with van der Waals surface area (Å²) < 4.78 is 11.1. The van der Waals surface area contributed by atoms with E-state index in [1.165, 1.54) is 19.2 Å². The quantitative estimate of drug-likeness (QED) is 0.631. The van der Waals surface area contributed by atoms with Crippen LogP contribution in [-0.4, -0.2) is 25.2 Å². The van der Waals surface area contributed by atoms with Gasteiger partial charge in [-0.1, -0.05) is 23.2 Å². The van der Waals surface area contributed by atoms with Gasteiger partial charge in [-0.15, -0.1) is 0 Å². The van der Waals surface area contributed by atoms with Crippen LogP contribution in [0, 0.1) is 0 Å². The fourth-order valence-electron chi connectivity index (χ4n) is 2.01. The van der Waals surface area contributed by atoms with Gasteiger partial charge < -0.3 is 14.8 Å². The molecule has 0 atom stereocenters. The van der Waals surface area contributed by atoms with Gasteiger partial charge in [0.2, 0.25) is 0 Å². The number of methoxy groups -OCH3 is 2. The summed E-state index contributed by atoms with van der Waals surface area (Å²) in [4.78, 5) is 12.4. The van der Waals surface area contributed by atoms with Gasteiger partial charge in [0, 0.05) is 10.7 Å². The van der Waals surface area contributed by atoms with Crippen LogP contribution >= 0.6 is 51.3 Å². The Morgan fingerprint density at radius 3 is 2.48 bits per heavy atom. The first kappa shape index (κ1) is 19.8. The Hall–Kier alpha value is -1.54. The van der Waals surface area contributed by atoms with E-state index in [9.17, 15) is 4.79 Å². The molecule has 0 radical (unpaired) electrons. The van der Waals surface area contributed by atoms with Gasteiger partial charge in [-0.05, 0) is 58.5 Å². The summed E-state index contributed by atoms with van der Waals surface area (Å²) in [5, 5.41) is 6.13. The van der Waals surface area contributed by atoms with Crippen LogP contribution in [0.25, 0.3) is 0 Å². The van der Waals surface area contributed by atoms with Crippen LogP contribution in [0.15, 0.2) is 34.8 Å². The van der Waals surface area contributed by atoms with Crippen LogP contribution in [-0.2, 0) is 0 Å². The molecule has 0 saturated carbocycles. The fourth-order valence-corrected chi connectivity index (χ4v) is 3.34. The summed E-state index contributed by atoms with van der Waals surface area (Å²) in [6.45, 7) is 0. The van der Waals surface area contributed by atoms with Crippen molar-refractivity contribution in [3.8, 4) is 11.5 Å². The SMILES string of the molecule is COc1ccc(NC(=S)NC(=O)c2cc(Cl)cc(Cl)c2OC)cc1Br. The molecule has 5 nitrogen and oxygen atoms in total. The lowest BCUT2D eigenvalue weighted by Gasteiger charge is -2.13. The molecule has 0 saturated heterocycles. The molecule has 0 fully saturated rings. The zero-order valence-electron chi connectivity index (χ0n) is 13.2. The highest BCUT2D eigenvalue weighted by molar-refractivity contribution is 9.10. The maximum absolute atomic E-state index is 12.4. The number of thiocarbonyl (C=S) groups is 1. The van der Waals surface area contributed by atoms with Gasteiger partial charge in [-0.2, -0.15) is 0 Å². The van der Waals surface area contributed by atoms with E-state index in [0.29, 0.717) is 16.5 Å². The van der Waals surface area contributed by atoms with Gasteiger partial charge in [0.25, 0.3) is 5.91 Å². The van der Waals surface area contributed by atoms with Gasteiger partial charge in [0.05, 0.1) is 29.3 Å². The first-order valence-corrected chi connectivity index (χ1v) is 8.80. The third-order valence-electron chi connectivity index (χ3n) is 3.09. The highest BCUT2D eigenvalue weighted by Gasteiger charge is 2.18. The molecule has 2 rings (SSSR count). The molecule has 0 aliphatic carbocycles. The standard InChI is InChI=1S/C16H13BrCl2N2O3S/c1-23-13-4-3-9(7-11(13)17)20-16(25)21-15(22)10-5-8(18)6-12(19)14(10)24-2/h3-7H,1-2H3,(H2,20,21,22,25). The van der Waals surface area contributed by atoms with E-state index in [4.69, 9.17) is 44.9 Å². The monoisotopic (exact) mass is 462 g/mol. The molecule has 25 heavy (non-hydrogen) atoms. The Balaban J connectivity index is 2.13. The normalized spacial score (nSPS) is 10.1. The van der Waals surface area contributed by atoms with Crippen molar-refractivity contribution in [3.63, 3.8) is 0 Å². The number of ether oxygens (including phenoxy) is 2. The summed E-state index contributed by atoms with van der Waals surface area (Å²) in [5.41, 5.74) is 0.856. The van der Waals surface area contributed by atoms with Crippen molar-refractivity contribution in [2.45, 2.75) is 0 Å². The lowest BCUT2D eigenvalue weighted by Crippen LogP contribution is -2.34. The number of amides is 1. The maximum Gasteiger partial charge on any atom is 0.261 e. The summed E-state index contributed by atoms with van der Waals surface area (Å²) >= 11 is 20.5. The third-order valence-corrected chi connectivity index (χ3v) is 4.42. The van der Waals surface area contributed by atoms with Crippen molar-refractivity contribution in [2.24, 2.45) is 0 Å². The summed E-state index contributed by atoms with van der Waals surface area (Å²) in [5.74, 6) is 0.406. The average molecular weight is 464 g/mol. The Kier molecular flexibility index (Phi) is 6.89. The van der Waals surface area contributed by atoms with Crippen molar-refractivity contribution in [3.05, 3.63) is 50.4 Å². The van der Waals surface area contributed by atoms with Crippen molar-refractivity contribution in [1.82, 2.24) is 5.32 Å². The molecule has 0 aliphatic rings. The third kappa shape index (κ3) is 4.98. The molecule has 0 aliphatic heterocycles. The second-order valence-electron chi connectivity index (χ2n) is 4.73. The van der Waals surface area contributed by atoms with E-state index in [2.05, 4.69) is 26.6 Å². The van der Waals surface area contributed by atoms with Crippen molar-refractivity contribution >= 4 is 68.1 Å². The number of nitrogens with one attached hydrogen (secondary N) is 2. The smallest absolute Gasteiger partial charge is 0.261 e. The number of carbonyl (C=O) groups is 1. The molecule has 2 aromatic rings. The predicted molar refractivity (Wildman–Crippen MR) is 107 cm³/mol. The molecule has 2 aromatic carbocycles. The minimum absolute atomic E-state index is 0.111. The lowest BCUT2D eigenvalue weighted by atomic mass is 10.2. The van der Waals surface area contributed by atoms with E-state index >= 15 is 0 Å². The first-order chi connectivity index (χ1) is 11.8. The zero-order chi connectivity index (χ0) is 18.6. The van der Waals surface area contributed by atoms with Crippen molar-refractivity contribution in [2.75, 3.05) is 19.5 Å². The molecule has 132 valence electrons. The average Bonchev–Trinajstić information content (AvgIpc) is 2.54. The summed E-state index contributed by atoms with van der Waals surface area (Å²) in [6, 6.07) is 8.24. The molecule has 0 unspecified atom stereocenters. The van der Waals surface area contributed by atoms with Gasteiger partial charge >= 0.3 is 0 Å². The lowest BCUT2D eigenvalue weighted by molar-refractivity contribution is 0.0975. The van der Waals surface area contributed by atoms with Gasteiger partial charge in [-0.25, -0.2) is 0 Å². The Morgan fingerprint density at radius 1 is 1.16 bits per heavy atom. The van der Waals surface area contributed by atoms with E-state index in [-0.39, 0.29) is 21.4 Å². The molecule has 9 heteroatoms. The predicted octanol–water partition coefficient (Wildman–Crippen LogP) is 4.90. The fraction of sp³-hybridized carbons (Fsp3) is 0.125. The topological polar surface area (TPSA) is 59.6 Å². The minimum Gasteiger partial charge on any atom is -0.496 e. The Morgan fingerprint density at radius 2 is 1.88 bits per heavy atom. The second kappa shape index (κ2) is 8.71. The number of halogens is 3. The largest absolute Gasteiger partial charge is 0.496 e. The molecule has 0 aromatic heterocycles. The van der Waals surface area contributed by atoms with E-state index in [1.54, 1.807) is 25.3 Å². The van der Waals surface area contributed by atoms with Gasteiger partial charge in [-0.3, -0.25) is 10.1 Å². The summed E-state index contributed by atoms with van der Waals surface area (Å²) in [7, 11) is 2.99. The zero-order valence-corrected chi connectivity index (χ0v) is 17.1. The number of hydrogen-bond donors (Lipinski definition) is 2. The van der Waals surface area contributed by atoms with E-state index in [1.807, 2.05) is 0 Å². The maximum atomic E-state index is 12.4. The van der Waals surface area contributed by atoms with Crippen LogP contribution in [0.1, 0.15) is 10.4 Å². The molecule has 2 N–H and O–H groups in total. The van der Waals surface area contributed by atoms with Crippen LogP contribution in [0.4, 0.5) is 5.69 Å². The van der Waals surface area contributed by atoms with Crippen LogP contribution in [0.3, 0.4) is 0 Å². The van der Waals surface area contributed by atoms with Gasteiger partial charge in [0.1, 0.15) is 11.5 Å². The van der Waals surface area contributed by atoms with Crippen LogP contribution in [0.5, 0.6) is 11.5 Å². The number of benzene rings is 2. The van der Waals surface area contributed by atoms with Crippen molar-refractivity contribution < 1.29 is 14.3 Å². The first-order valence-electron chi connectivity index (χ1n) is 6.84. The van der Waals surface area contributed by atoms with Gasteiger partial charge in [0.15, 0.2) is 5.11 Å². The van der Waals surface area contributed by atoms with E-state index in [0.717, 1.165) is 4.47 Å². The van der Waals surface area contributed by atoms with Crippen LogP contribution < -0.4 is 20.1 Å². The number of hydrogen-bond acceptors (Lipinski definition) is 4. The molecular weight excluding hydrogens is 451 g/mol. The Bertz CT molecular complexity index is 833. The molecule has 0 heterocycles. The molecular formula is C16H13BrCl2N2O3S.